The Morgan fingerprint density at radius 1 is 1.21 bits per heavy atom. The predicted octanol–water partition coefficient (Wildman–Crippen LogP) is 4.11. The maximum atomic E-state index is 12.5. The zero-order valence-corrected chi connectivity index (χ0v) is 16.2. The Kier molecular flexibility index (Phi) is 6.66. The molecule has 0 bridgehead atoms. The van der Waals surface area contributed by atoms with Gasteiger partial charge in [-0.1, -0.05) is 17.7 Å². The van der Waals surface area contributed by atoms with Gasteiger partial charge in [0.15, 0.2) is 11.5 Å². The first kappa shape index (κ1) is 20.6. The van der Waals surface area contributed by atoms with Gasteiger partial charge < -0.3 is 14.8 Å². The third kappa shape index (κ3) is 5.45. The van der Waals surface area contributed by atoms with Gasteiger partial charge in [0, 0.05) is 17.8 Å². The Hall–Kier alpha value is -3.13. The molecule has 6 nitrogen and oxygen atoms in total. The number of methoxy groups -OCH3 is 1. The van der Waals surface area contributed by atoms with Crippen LogP contribution in [0.1, 0.15) is 15.9 Å². The summed E-state index contributed by atoms with van der Waals surface area (Å²) >= 11 is 5.87. The van der Waals surface area contributed by atoms with Gasteiger partial charge in [-0.2, -0.15) is 13.9 Å². The van der Waals surface area contributed by atoms with E-state index in [4.69, 9.17) is 16.3 Å². The van der Waals surface area contributed by atoms with E-state index in [9.17, 15) is 13.6 Å². The van der Waals surface area contributed by atoms with Crippen molar-refractivity contribution in [1.29, 1.82) is 0 Å². The minimum atomic E-state index is -2.95. The molecule has 0 radical (unpaired) electrons. The zero-order chi connectivity index (χ0) is 20.8. The molecule has 9 heteroatoms. The Labute approximate surface area is 171 Å². The number of benzene rings is 2. The van der Waals surface area contributed by atoms with Gasteiger partial charge in [0.2, 0.25) is 0 Å². The van der Waals surface area contributed by atoms with E-state index in [-0.39, 0.29) is 17.4 Å². The number of hydrogen-bond acceptors (Lipinski definition) is 4. The highest BCUT2D eigenvalue weighted by molar-refractivity contribution is 6.30. The fourth-order valence-electron chi connectivity index (χ4n) is 2.66. The summed E-state index contributed by atoms with van der Waals surface area (Å²) in [6, 6.07) is 11.8. The summed E-state index contributed by atoms with van der Waals surface area (Å²) in [5.41, 5.74) is 1.90. The maximum absolute atomic E-state index is 12.5. The number of carbonyl (C=O) groups is 1. The van der Waals surface area contributed by atoms with Crippen molar-refractivity contribution in [2.75, 3.05) is 13.7 Å². The van der Waals surface area contributed by atoms with Crippen LogP contribution in [0.5, 0.6) is 11.5 Å². The summed E-state index contributed by atoms with van der Waals surface area (Å²) in [5.74, 6) is -0.119. The van der Waals surface area contributed by atoms with Crippen LogP contribution in [0.2, 0.25) is 5.02 Å². The van der Waals surface area contributed by atoms with Gasteiger partial charge in [-0.25, -0.2) is 4.68 Å². The van der Waals surface area contributed by atoms with E-state index in [1.54, 1.807) is 47.3 Å². The highest BCUT2D eigenvalue weighted by Gasteiger charge is 2.12. The summed E-state index contributed by atoms with van der Waals surface area (Å²) in [6.07, 6.45) is 3.51. The van der Waals surface area contributed by atoms with Gasteiger partial charge in [0.25, 0.3) is 5.91 Å². The van der Waals surface area contributed by atoms with E-state index in [2.05, 4.69) is 15.2 Å². The summed E-state index contributed by atoms with van der Waals surface area (Å²) in [6.45, 7) is -2.64. The van der Waals surface area contributed by atoms with E-state index in [0.717, 1.165) is 11.3 Å². The van der Waals surface area contributed by atoms with Crippen LogP contribution in [-0.2, 0) is 6.42 Å². The average molecular weight is 422 g/mol. The van der Waals surface area contributed by atoms with Gasteiger partial charge in [0.1, 0.15) is 0 Å². The molecule has 1 amide bonds. The van der Waals surface area contributed by atoms with Gasteiger partial charge in [0.05, 0.1) is 24.6 Å². The molecule has 152 valence electrons. The average Bonchev–Trinajstić information content (AvgIpc) is 3.18. The van der Waals surface area contributed by atoms with Crippen molar-refractivity contribution in [2.45, 2.75) is 13.0 Å². The molecule has 2 aromatic carbocycles. The molecule has 0 aliphatic heterocycles. The number of alkyl halides is 2. The fourth-order valence-corrected chi connectivity index (χ4v) is 2.79. The van der Waals surface area contributed by atoms with Crippen molar-refractivity contribution in [3.63, 3.8) is 0 Å². The van der Waals surface area contributed by atoms with Gasteiger partial charge in [-0.3, -0.25) is 4.79 Å². The lowest BCUT2D eigenvalue weighted by Crippen LogP contribution is -2.25. The number of nitrogens with zero attached hydrogens (tertiary/aromatic N) is 2. The number of ether oxygens (including phenoxy) is 2. The van der Waals surface area contributed by atoms with Crippen LogP contribution < -0.4 is 14.8 Å². The van der Waals surface area contributed by atoms with Crippen molar-refractivity contribution < 1.29 is 23.0 Å². The third-order valence-corrected chi connectivity index (χ3v) is 4.33. The molecule has 0 aliphatic carbocycles. The van der Waals surface area contributed by atoms with Gasteiger partial charge >= 0.3 is 6.61 Å². The molecule has 0 atom stereocenters. The Morgan fingerprint density at radius 2 is 1.97 bits per heavy atom. The Balaban J connectivity index is 1.58. The minimum absolute atomic E-state index is 0.0458. The molecule has 1 heterocycles. The number of nitrogens with one attached hydrogen (secondary N) is 1. The smallest absolute Gasteiger partial charge is 0.387 e. The van der Waals surface area contributed by atoms with Crippen LogP contribution in [-0.4, -0.2) is 36.0 Å². The zero-order valence-electron chi connectivity index (χ0n) is 15.4. The first-order valence-corrected chi connectivity index (χ1v) is 9.04. The number of hydrogen-bond donors (Lipinski definition) is 1. The Morgan fingerprint density at radius 3 is 2.66 bits per heavy atom. The molecule has 0 saturated carbocycles. The second kappa shape index (κ2) is 9.38. The summed E-state index contributed by atoms with van der Waals surface area (Å²) in [5, 5.41) is 7.56. The van der Waals surface area contributed by atoms with Crippen LogP contribution >= 0.6 is 11.6 Å². The van der Waals surface area contributed by atoms with Crippen molar-refractivity contribution in [2.24, 2.45) is 0 Å². The Bertz CT molecular complexity index is 977. The SMILES string of the molecule is COc1ccc(CCNC(=O)c2cnn(-c3ccc(Cl)cc3)c2)cc1OC(F)F. The second-order valence-corrected chi connectivity index (χ2v) is 6.46. The van der Waals surface area contributed by atoms with Crippen LogP contribution in [0, 0.1) is 0 Å². The highest BCUT2D eigenvalue weighted by atomic mass is 35.5. The monoisotopic (exact) mass is 421 g/mol. The standard InChI is InChI=1S/C20H18ClF2N3O3/c1-28-17-7-2-13(10-18(17)29-20(22)23)8-9-24-19(27)14-11-25-26(12-14)16-5-3-15(21)4-6-16/h2-7,10-12,20H,8-9H2,1H3,(H,24,27). The highest BCUT2D eigenvalue weighted by Crippen LogP contribution is 2.29. The van der Waals surface area contributed by atoms with E-state index < -0.39 is 6.61 Å². The molecule has 3 aromatic rings. The lowest BCUT2D eigenvalue weighted by Gasteiger charge is -2.11. The number of amides is 1. The van der Waals surface area contributed by atoms with E-state index >= 15 is 0 Å². The molecular weight excluding hydrogens is 404 g/mol. The number of rotatable bonds is 8. The molecule has 1 N–H and O–H groups in total. The summed E-state index contributed by atoms with van der Waals surface area (Å²) in [4.78, 5) is 12.3. The molecule has 0 spiro atoms. The second-order valence-electron chi connectivity index (χ2n) is 6.02. The molecule has 29 heavy (non-hydrogen) atoms. The molecule has 0 fully saturated rings. The van der Waals surface area contributed by atoms with Crippen molar-refractivity contribution in [3.05, 3.63) is 71.0 Å². The third-order valence-electron chi connectivity index (χ3n) is 4.08. The molecular formula is C20H18ClF2N3O3. The molecule has 3 rings (SSSR count). The first-order valence-electron chi connectivity index (χ1n) is 8.67. The van der Waals surface area contributed by atoms with E-state index in [1.807, 2.05) is 0 Å². The quantitative estimate of drug-likeness (QED) is 0.594. The molecule has 0 saturated heterocycles. The van der Waals surface area contributed by atoms with E-state index in [1.165, 1.54) is 19.4 Å². The number of carbonyl (C=O) groups excluding carboxylic acids is 1. The summed E-state index contributed by atoms with van der Waals surface area (Å²) in [7, 11) is 1.37. The number of aromatic nitrogens is 2. The van der Waals surface area contributed by atoms with Gasteiger partial charge in [-0.15, -0.1) is 0 Å². The lowest BCUT2D eigenvalue weighted by atomic mass is 10.1. The largest absolute Gasteiger partial charge is 0.493 e. The van der Waals surface area contributed by atoms with Crippen molar-refractivity contribution >= 4 is 17.5 Å². The molecule has 1 aromatic heterocycles. The maximum Gasteiger partial charge on any atom is 0.387 e. The van der Waals surface area contributed by atoms with Crippen LogP contribution in [0.15, 0.2) is 54.9 Å². The molecule has 0 unspecified atom stereocenters. The fraction of sp³-hybridized carbons (Fsp3) is 0.200. The topological polar surface area (TPSA) is 65.4 Å². The molecule has 0 aliphatic rings. The van der Waals surface area contributed by atoms with Crippen LogP contribution in [0.25, 0.3) is 5.69 Å². The van der Waals surface area contributed by atoms with Crippen LogP contribution in [0.4, 0.5) is 8.78 Å². The predicted molar refractivity (Wildman–Crippen MR) is 104 cm³/mol. The van der Waals surface area contributed by atoms with Crippen molar-refractivity contribution in [3.8, 4) is 17.2 Å². The summed E-state index contributed by atoms with van der Waals surface area (Å²) < 4.78 is 36.1. The normalized spacial score (nSPS) is 10.8. The first-order chi connectivity index (χ1) is 14.0. The minimum Gasteiger partial charge on any atom is -0.493 e. The lowest BCUT2D eigenvalue weighted by molar-refractivity contribution is -0.0512. The van der Waals surface area contributed by atoms with Crippen molar-refractivity contribution in [1.82, 2.24) is 15.1 Å². The number of halogens is 3. The van der Waals surface area contributed by atoms with E-state index in [0.29, 0.717) is 23.6 Å². The van der Waals surface area contributed by atoms with Gasteiger partial charge in [-0.05, 0) is 48.4 Å². The van der Waals surface area contributed by atoms with Crippen LogP contribution in [0.3, 0.4) is 0 Å².